The molecule has 1 saturated carbocycles. The number of nitrogens with zero attached hydrogens (tertiary/aromatic N) is 1. The van der Waals surface area contributed by atoms with Crippen molar-refractivity contribution in [3.05, 3.63) is 22.0 Å². The topological polar surface area (TPSA) is 12.9 Å². The molecule has 0 aliphatic heterocycles. The lowest BCUT2D eigenvalue weighted by atomic mass is 10.3. The van der Waals surface area contributed by atoms with E-state index < -0.39 is 0 Å². The molecule has 1 aromatic heterocycles. The average molecular weight is 152 g/mol. The Hall–Kier alpha value is -0.370. The van der Waals surface area contributed by atoms with Crippen molar-refractivity contribution in [1.29, 1.82) is 0 Å². The first kappa shape index (κ1) is 6.35. The van der Waals surface area contributed by atoms with Gasteiger partial charge in [-0.2, -0.15) is 0 Å². The molecule has 1 aromatic rings. The lowest BCUT2D eigenvalue weighted by molar-refractivity contribution is 1.11. The van der Waals surface area contributed by atoms with Gasteiger partial charge in [-0.05, 0) is 32.6 Å². The van der Waals surface area contributed by atoms with Gasteiger partial charge in [0.1, 0.15) is 0 Å². The zero-order valence-corrected chi connectivity index (χ0v) is 7.03. The Balaban J connectivity index is 2.38. The molecule has 2 heteroatoms. The van der Waals surface area contributed by atoms with Crippen molar-refractivity contribution in [3.8, 4) is 0 Å². The summed E-state index contributed by atoms with van der Waals surface area (Å²) in [5, 5.41) is 1.20. The van der Waals surface area contributed by atoms with E-state index in [4.69, 9.17) is 0 Å². The van der Waals surface area contributed by atoms with E-state index in [9.17, 15) is 0 Å². The summed E-state index contributed by atoms with van der Waals surface area (Å²) in [7, 11) is 0. The summed E-state index contributed by atoms with van der Waals surface area (Å²) < 4.78 is 0. The molecular weight excluding hydrogens is 142 g/mol. The fourth-order valence-corrected chi connectivity index (χ4v) is 2.21. The molecule has 0 bridgehead atoms. The SMILES string of the molecule is Cc1nc(C)c(C2[CH]C2)s1. The molecule has 1 atom stereocenters. The molecule has 53 valence electrons. The van der Waals surface area contributed by atoms with Crippen molar-refractivity contribution in [3.63, 3.8) is 0 Å². The van der Waals surface area contributed by atoms with Gasteiger partial charge in [0.15, 0.2) is 0 Å². The van der Waals surface area contributed by atoms with Crippen LogP contribution in [0.15, 0.2) is 0 Å². The van der Waals surface area contributed by atoms with Gasteiger partial charge in [0.05, 0.1) is 10.7 Å². The molecule has 1 unspecified atom stereocenters. The predicted molar refractivity (Wildman–Crippen MR) is 43.2 cm³/mol. The summed E-state index contributed by atoms with van der Waals surface area (Å²) in [6.45, 7) is 4.18. The highest BCUT2D eigenvalue weighted by Crippen LogP contribution is 2.42. The zero-order valence-electron chi connectivity index (χ0n) is 6.22. The molecule has 0 aromatic carbocycles. The van der Waals surface area contributed by atoms with Crippen LogP contribution in [0.25, 0.3) is 0 Å². The summed E-state index contributed by atoms with van der Waals surface area (Å²) in [6, 6.07) is 0. The standard InChI is InChI=1S/C8H10NS/c1-5-8(7-3-4-7)10-6(2)9-5/h3,7H,4H2,1-2H3. The van der Waals surface area contributed by atoms with E-state index in [0.29, 0.717) is 0 Å². The molecule has 2 rings (SSSR count). The van der Waals surface area contributed by atoms with Crippen molar-refractivity contribution in [2.45, 2.75) is 26.2 Å². The van der Waals surface area contributed by atoms with Gasteiger partial charge in [-0.1, -0.05) is 0 Å². The first-order valence-corrected chi connectivity index (χ1v) is 4.36. The van der Waals surface area contributed by atoms with Crippen molar-refractivity contribution in [2.24, 2.45) is 0 Å². The quantitative estimate of drug-likeness (QED) is 0.602. The summed E-state index contributed by atoms with van der Waals surface area (Å²) >= 11 is 1.84. The highest BCUT2D eigenvalue weighted by atomic mass is 32.1. The number of aromatic nitrogens is 1. The van der Waals surface area contributed by atoms with E-state index in [2.05, 4.69) is 25.3 Å². The van der Waals surface area contributed by atoms with Crippen LogP contribution in [0.4, 0.5) is 0 Å². The van der Waals surface area contributed by atoms with Crippen LogP contribution in [0.1, 0.15) is 27.9 Å². The lowest BCUT2D eigenvalue weighted by Crippen LogP contribution is -1.77. The van der Waals surface area contributed by atoms with Gasteiger partial charge < -0.3 is 0 Å². The van der Waals surface area contributed by atoms with Gasteiger partial charge in [0.2, 0.25) is 0 Å². The molecule has 1 nitrogen and oxygen atoms in total. The molecule has 1 fully saturated rings. The fraction of sp³-hybridized carbons (Fsp3) is 0.500. The third-order valence-corrected chi connectivity index (χ3v) is 2.95. The fourth-order valence-electron chi connectivity index (χ4n) is 1.17. The molecule has 1 aliphatic carbocycles. The summed E-state index contributed by atoms with van der Waals surface area (Å²) in [5.74, 6) is 0.756. The van der Waals surface area contributed by atoms with E-state index in [1.165, 1.54) is 22.0 Å². The Morgan fingerprint density at radius 3 is 2.70 bits per heavy atom. The monoisotopic (exact) mass is 152 g/mol. The first-order valence-electron chi connectivity index (χ1n) is 3.54. The smallest absolute Gasteiger partial charge is 0.0900 e. The Labute approximate surface area is 65.1 Å². The highest BCUT2D eigenvalue weighted by Gasteiger charge is 2.27. The summed E-state index contributed by atoms with van der Waals surface area (Å²) in [6.07, 6.45) is 3.60. The Morgan fingerprint density at radius 2 is 2.30 bits per heavy atom. The molecule has 0 spiro atoms. The van der Waals surface area contributed by atoms with Gasteiger partial charge in [-0.15, -0.1) is 11.3 Å². The third-order valence-electron chi connectivity index (χ3n) is 1.75. The van der Waals surface area contributed by atoms with Crippen LogP contribution in [-0.4, -0.2) is 4.98 Å². The van der Waals surface area contributed by atoms with Crippen LogP contribution in [0.3, 0.4) is 0 Å². The molecule has 0 amide bonds. The molecule has 0 N–H and O–H groups in total. The van der Waals surface area contributed by atoms with Crippen LogP contribution in [0, 0.1) is 20.3 Å². The average Bonchev–Trinajstić information content (AvgIpc) is 2.61. The maximum atomic E-state index is 4.37. The van der Waals surface area contributed by atoms with E-state index in [1.54, 1.807) is 0 Å². The van der Waals surface area contributed by atoms with E-state index >= 15 is 0 Å². The highest BCUT2D eigenvalue weighted by molar-refractivity contribution is 7.11. The van der Waals surface area contributed by atoms with Crippen LogP contribution >= 0.6 is 11.3 Å². The maximum Gasteiger partial charge on any atom is 0.0900 e. The molecular formula is C8H10NS. The zero-order chi connectivity index (χ0) is 7.14. The molecule has 10 heavy (non-hydrogen) atoms. The number of aryl methyl sites for hydroxylation is 2. The third kappa shape index (κ3) is 0.966. The van der Waals surface area contributed by atoms with E-state index in [0.717, 1.165) is 5.92 Å². The number of hydrogen-bond acceptors (Lipinski definition) is 2. The van der Waals surface area contributed by atoms with Gasteiger partial charge in [-0.3, -0.25) is 0 Å². The van der Waals surface area contributed by atoms with Gasteiger partial charge >= 0.3 is 0 Å². The normalized spacial score (nSPS) is 17.8. The minimum Gasteiger partial charge on any atom is -0.247 e. The number of rotatable bonds is 1. The maximum absolute atomic E-state index is 4.37. The van der Waals surface area contributed by atoms with E-state index in [-0.39, 0.29) is 0 Å². The van der Waals surface area contributed by atoms with Crippen molar-refractivity contribution in [2.75, 3.05) is 0 Å². The largest absolute Gasteiger partial charge is 0.247 e. The minimum absolute atomic E-state index is 0.756. The van der Waals surface area contributed by atoms with Gasteiger partial charge in [0.25, 0.3) is 0 Å². The molecule has 0 saturated heterocycles. The minimum atomic E-state index is 0.756. The molecule has 1 heterocycles. The van der Waals surface area contributed by atoms with Crippen LogP contribution in [-0.2, 0) is 0 Å². The molecule has 1 radical (unpaired) electrons. The van der Waals surface area contributed by atoms with Crippen molar-refractivity contribution < 1.29 is 0 Å². The molecule has 1 aliphatic rings. The summed E-state index contributed by atoms with van der Waals surface area (Å²) in [4.78, 5) is 5.85. The van der Waals surface area contributed by atoms with Crippen molar-refractivity contribution in [1.82, 2.24) is 4.98 Å². The van der Waals surface area contributed by atoms with Gasteiger partial charge in [-0.25, -0.2) is 4.98 Å². The number of thiazole rings is 1. The first-order chi connectivity index (χ1) is 4.77. The second-order valence-electron chi connectivity index (χ2n) is 2.76. The van der Waals surface area contributed by atoms with Gasteiger partial charge in [0, 0.05) is 4.88 Å². The van der Waals surface area contributed by atoms with Crippen molar-refractivity contribution >= 4 is 11.3 Å². The Kier molecular flexibility index (Phi) is 1.31. The second kappa shape index (κ2) is 2.06. The van der Waals surface area contributed by atoms with Crippen LogP contribution < -0.4 is 0 Å². The second-order valence-corrected chi connectivity index (χ2v) is 4.00. The van der Waals surface area contributed by atoms with Crippen LogP contribution in [0.2, 0.25) is 0 Å². The Bertz CT molecular complexity index is 248. The number of hydrogen-bond donors (Lipinski definition) is 0. The predicted octanol–water partition coefficient (Wildman–Crippen LogP) is 2.45. The summed E-state index contributed by atoms with van der Waals surface area (Å²) in [5.41, 5.74) is 1.24. The van der Waals surface area contributed by atoms with E-state index in [1.807, 2.05) is 11.3 Å². The van der Waals surface area contributed by atoms with Crippen LogP contribution in [0.5, 0.6) is 0 Å². The lowest BCUT2D eigenvalue weighted by Gasteiger charge is -1.88. The Morgan fingerprint density at radius 1 is 1.60 bits per heavy atom.